The van der Waals surface area contributed by atoms with E-state index in [0.717, 1.165) is 33.3 Å². The quantitative estimate of drug-likeness (QED) is 0.172. The first kappa shape index (κ1) is 30.0. The third-order valence-corrected chi connectivity index (χ3v) is 11.6. The van der Waals surface area contributed by atoms with Gasteiger partial charge in [0.25, 0.3) is 0 Å². The van der Waals surface area contributed by atoms with Crippen LogP contribution < -0.4 is 4.90 Å². The highest BCUT2D eigenvalue weighted by Crippen LogP contribution is 2.54. The van der Waals surface area contributed by atoms with Crippen molar-refractivity contribution in [3.8, 4) is 22.3 Å². The molecule has 0 radical (unpaired) electrons. The van der Waals surface area contributed by atoms with Crippen LogP contribution in [-0.4, -0.2) is 0 Å². The lowest BCUT2D eigenvalue weighted by Crippen LogP contribution is -2.16. The number of furan rings is 1. The van der Waals surface area contributed by atoms with Crippen LogP contribution in [0.25, 0.3) is 76.5 Å². The summed E-state index contributed by atoms with van der Waals surface area (Å²) in [5, 5.41) is 9.88. The Balaban J connectivity index is 1.14. The van der Waals surface area contributed by atoms with E-state index in [4.69, 9.17) is 4.42 Å². The highest BCUT2D eigenvalue weighted by Gasteiger charge is 2.37. The summed E-state index contributed by atoms with van der Waals surface area (Å²) in [4.78, 5) is 2.44. The summed E-state index contributed by atoms with van der Waals surface area (Å²) in [7, 11) is 0. The molecule has 0 bridgehead atoms. The van der Waals surface area contributed by atoms with Crippen molar-refractivity contribution in [2.45, 2.75) is 19.3 Å². The molecule has 0 aliphatic heterocycles. The zero-order valence-electron chi connectivity index (χ0n) is 29.6. The van der Waals surface area contributed by atoms with Crippen LogP contribution in [0, 0.1) is 0 Å². The van der Waals surface area contributed by atoms with Crippen molar-refractivity contribution in [1.82, 2.24) is 0 Å². The Morgan fingerprint density at radius 2 is 1.08 bits per heavy atom. The number of rotatable bonds is 4. The second kappa shape index (κ2) is 11.2. The molecule has 11 rings (SSSR count). The maximum absolute atomic E-state index is 6.28. The van der Waals surface area contributed by atoms with Crippen LogP contribution >= 0.6 is 0 Å². The molecule has 0 fully saturated rings. The molecule has 10 aromatic rings. The minimum absolute atomic E-state index is 0.108. The molecule has 2 heteroatoms. The summed E-state index contributed by atoms with van der Waals surface area (Å²) in [6.45, 7) is 4.70. The lowest BCUT2D eigenvalue weighted by molar-refractivity contribution is 0.660. The zero-order valence-corrected chi connectivity index (χ0v) is 29.6. The van der Waals surface area contributed by atoms with Crippen LogP contribution in [0.5, 0.6) is 0 Å². The zero-order chi connectivity index (χ0) is 35.3. The van der Waals surface area contributed by atoms with Crippen molar-refractivity contribution < 1.29 is 4.42 Å². The van der Waals surface area contributed by atoms with E-state index in [2.05, 4.69) is 183 Å². The normalized spacial score (nSPS) is 13.2. The lowest BCUT2D eigenvalue weighted by atomic mass is 9.82. The van der Waals surface area contributed by atoms with Crippen LogP contribution in [0.1, 0.15) is 25.0 Å². The van der Waals surface area contributed by atoms with Gasteiger partial charge < -0.3 is 9.32 Å². The van der Waals surface area contributed by atoms with E-state index < -0.39 is 0 Å². The van der Waals surface area contributed by atoms with Gasteiger partial charge in [-0.15, -0.1) is 0 Å². The van der Waals surface area contributed by atoms with Crippen molar-refractivity contribution >= 4 is 71.3 Å². The fourth-order valence-electron chi connectivity index (χ4n) is 9.09. The Hall–Kier alpha value is -6.64. The fraction of sp³-hybridized carbons (Fsp3) is 0.0588. The van der Waals surface area contributed by atoms with Gasteiger partial charge in [-0.25, -0.2) is 0 Å². The number of hydrogen-bond acceptors (Lipinski definition) is 2. The largest absolute Gasteiger partial charge is 0.456 e. The Morgan fingerprint density at radius 3 is 1.94 bits per heavy atom. The molecule has 2 nitrogen and oxygen atoms in total. The first-order valence-corrected chi connectivity index (χ1v) is 18.4. The van der Waals surface area contributed by atoms with E-state index in [1.54, 1.807) is 0 Å². The third-order valence-electron chi connectivity index (χ3n) is 11.6. The van der Waals surface area contributed by atoms with Crippen molar-refractivity contribution in [1.29, 1.82) is 0 Å². The second-order valence-corrected chi connectivity index (χ2v) is 14.9. The summed E-state index contributed by atoms with van der Waals surface area (Å²) >= 11 is 0. The SMILES string of the molecule is CC1(C)c2ccccc2-c2c(N(c3ccc(-c4cc5c6ccccc6ccc5c5ccccc45)cc3)c3ccc4oc5ccccc5c4c3)cccc21. The summed E-state index contributed by atoms with van der Waals surface area (Å²) in [5.74, 6) is 0. The molecule has 9 aromatic carbocycles. The van der Waals surface area contributed by atoms with Crippen molar-refractivity contribution in [3.63, 3.8) is 0 Å². The van der Waals surface area contributed by atoms with Crippen LogP contribution in [0.15, 0.2) is 180 Å². The topological polar surface area (TPSA) is 16.4 Å². The minimum Gasteiger partial charge on any atom is -0.456 e. The van der Waals surface area contributed by atoms with Gasteiger partial charge in [-0.05, 0) is 109 Å². The van der Waals surface area contributed by atoms with Crippen LogP contribution in [0.2, 0.25) is 0 Å². The van der Waals surface area contributed by atoms with Crippen molar-refractivity contribution in [2.75, 3.05) is 4.90 Å². The van der Waals surface area contributed by atoms with Crippen molar-refractivity contribution in [3.05, 3.63) is 187 Å². The van der Waals surface area contributed by atoms with Gasteiger partial charge >= 0.3 is 0 Å². The highest BCUT2D eigenvalue weighted by atomic mass is 16.3. The van der Waals surface area contributed by atoms with Gasteiger partial charge in [-0.2, -0.15) is 0 Å². The molecule has 1 aromatic heterocycles. The van der Waals surface area contributed by atoms with E-state index in [1.807, 2.05) is 12.1 Å². The smallest absolute Gasteiger partial charge is 0.135 e. The van der Waals surface area contributed by atoms with E-state index in [0.29, 0.717) is 0 Å². The number of nitrogens with zero attached hydrogens (tertiary/aromatic N) is 1. The predicted molar refractivity (Wildman–Crippen MR) is 224 cm³/mol. The fourth-order valence-corrected chi connectivity index (χ4v) is 9.09. The summed E-state index contributed by atoms with van der Waals surface area (Å²) in [5.41, 5.74) is 12.8. The average molecular weight is 678 g/mol. The van der Waals surface area contributed by atoms with E-state index in [-0.39, 0.29) is 5.41 Å². The van der Waals surface area contributed by atoms with Gasteiger partial charge in [0.2, 0.25) is 0 Å². The number of para-hydroxylation sites is 1. The van der Waals surface area contributed by atoms with Gasteiger partial charge in [0, 0.05) is 33.1 Å². The Kier molecular flexibility index (Phi) is 6.33. The van der Waals surface area contributed by atoms with Crippen LogP contribution in [0.4, 0.5) is 17.1 Å². The van der Waals surface area contributed by atoms with E-state index in [9.17, 15) is 0 Å². The monoisotopic (exact) mass is 677 g/mol. The molecule has 0 amide bonds. The van der Waals surface area contributed by atoms with Crippen molar-refractivity contribution in [2.24, 2.45) is 0 Å². The average Bonchev–Trinajstić information content (AvgIpc) is 3.70. The standard InChI is InChI=1S/C51H35NO/c1-51(2)45-18-9-7-17-41(45)50-46(51)19-11-20-47(50)52(35-27-29-49-44(30-35)40-16-8-10-21-48(40)53-49)34-25-22-33(23-26-34)42-31-43-36-13-4-3-12-32(36)24-28-39(43)37-14-5-6-15-38(37)42/h3-31H,1-2H3. The second-order valence-electron chi connectivity index (χ2n) is 14.9. The van der Waals surface area contributed by atoms with E-state index >= 15 is 0 Å². The maximum Gasteiger partial charge on any atom is 0.135 e. The first-order valence-electron chi connectivity index (χ1n) is 18.4. The van der Waals surface area contributed by atoms with Gasteiger partial charge in [-0.1, -0.05) is 141 Å². The molecule has 0 saturated carbocycles. The number of fused-ring (bicyclic) bond motifs is 11. The first-order chi connectivity index (χ1) is 26.0. The molecule has 250 valence electrons. The molecule has 0 unspecified atom stereocenters. The third kappa shape index (κ3) is 4.39. The summed E-state index contributed by atoms with van der Waals surface area (Å²) in [6.07, 6.45) is 0. The molecular weight excluding hydrogens is 643 g/mol. The summed E-state index contributed by atoms with van der Waals surface area (Å²) < 4.78 is 6.28. The van der Waals surface area contributed by atoms with E-state index in [1.165, 1.54) is 71.4 Å². The number of hydrogen-bond donors (Lipinski definition) is 0. The molecule has 53 heavy (non-hydrogen) atoms. The van der Waals surface area contributed by atoms with Gasteiger partial charge in [0.1, 0.15) is 11.2 Å². The van der Waals surface area contributed by atoms with Gasteiger partial charge in [0.15, 0.2) is 0 Å². The molecule has 0 saturated heterocycles. The highest BCUT2D eigenvalue weighted by molar-refractivity contribution is 6.21. The summed E-state index contributed by atoms with van der Waals surface area (Å²) in [6, 6.07) is 64.3. The Bertz CT molecular complexity index is 3090. The van der Waals surface area contributed by atoms with Crippen LogP contribution in [-0.2, 0) is 5.41 Å². The molecule has 0 N–H and O–H groups in total. The molecule has 1 aliphatic rings. The van der Waals surface area contributed by atoms with Gasteiger partial charge in [0.05, 0.1) is 5.69 Å². The Labute approximate surface area is 308 Å². The minimum atomic E-state index is -0.108. The maximum atomic E-state index is 6.28. The lowest BCUT2D eigenvalue weighted by Gasteiger charge is -2.29. The molecule has 0 spiro atoms. The number of benzene rings is 9. The molecular formula is C51H35NO. The molecule has 0 atom stereocenters. The molecule has 1 aliphatic carbocycles. The molecule has 1 heterocycles. The predicted octanol–water partition coefficient (Wildman–Crippen LogP) is 14.5. The van der Waals surface area contributed by atoms with Gasteiger partial charge in [-0.3, -0.25) is 0 Å². The van der Waals surface area contributed by atoms with Crippen LogP contribution in [0.3, 0.4) is 0 Å². The Morgan fingerprint density at radius 1 is 0.415 bits per heavy atom. The number of anilines is 3.